The van der Waals surface area contributed by atoms with Crippen molar-refractivity contribution in [1.82, 2.24) is 4.98 Å². The van der Waals surface area contributed by atoms with Crippen molar-refractivity contribution in [3.05, 3.63) is 145 Å². The van der Waals surface area contributed by atoms with Crippen LogP contribution in [0.2, 0.25) is 0 Å². The quantitative estimate of drug-likeness (QED) is 0.204. The number of pyridine rings is 1. The Morgan fingerprint density at radius 2 is 0.971 bits per heavy atom. The highest BCUT2D eigenvalue weighted by Gasteiger charge is 2.15. The Morgan fingerprint density at radius 1 is 0.500 bits per heavy atom. The summed E-state index contributed by atoms with van der Waals surface area (Å²) in [6.07, 6.45) is 1.86. The molecule has 0 fully saturated rings. The van der Waals surface area contributed by atoms with Gasteiger partial charge in [0.25, 0.3) is 0 Å². The SMILES string of the molecule is Cc1cc2ccccc2c2ncccc12.c1ccc(P(c2ccccc2)c2ccccc2)cc1. The maximum absolute atomic E-state index is 4.47. The lowest BCUT2D eigenvalue weighted by molar-refractivity contribution is 1.41. The van der Waals surface area contributed by atoms with Crippen LogP contribution in [-0.2, 0) is 0 Å². The molecule has 1 nitrogen and oxygen atoms in total. The van der Waals surface area contributed by atoms with Crippen molar-refractivity contribution in [3.63, 3.8) is 0 Å². The molecule has 34 heavy (non-hydrogen) atoms. The highest BCUT2D eigenvalue weighted by atomic mass is 31.1. The number of hydrogen-bond donors (Lipinski definition) is 0. The fourth-order valence-electron chi connectivity index (χ4n) is 4.27. The molecule has 5 aromatic carbocycles. The van der Waals surface area contributed by atoms with Crippen LogP contribution in [-0.4, -0.2) is 4.98 Å². The zero-order valence-corrected chi connectivity index (χ0v) is 20.1. The summed E-state index contributed by atoms with van der Waals surface area (Å²) < 4.78 is 0. The number of rotatable bonds is 3. The van der Waals surface area contributed by atoms with Gasteiger partial charge in [0.1, 0.15) is 0 Å². The number of benzene rings is 5. The van der Waals surface area contributed by atoms with Crippen LogP contribution in [0.15, 0.2) is 140 Å². The Balaban J connectivity index is 0.000000145. The summed E-state index contributed by atoms with van der Waals surface area (Å²) in [6, 6.07) is 47.1. The molecular formula is C32H26NP. The largest absolute Gasteiger partial charge is 0.256 e. The van der Waals surface area contributed by atoms with Crippen molar-refractivity contribution in [3.8, 4) is 0 Å². The fourth-order valence-corrected chi connectivity index (χ4v) is 6.57. The van der Waals surface area contributed by atoms with Crippen LogP contribution in [0.25, 0.3) is 21.7 Å². The summed E-state index contributed by atoms with van der Waals surface area (Å²) >= 11 is 0. The van der Waals surface area contributed by atoms with Crippen LogP contribution in [0.3, 0.4) is 0 Å². The lowest BCUT2D eigenvalue weighted by atomic mass is 10.0. The van der Waals surface area contributed by atoms with Crippen molar-refractivity contribution in [2.75, 3.05) is 0 Å². The van der Waals surface area contributed by atoms with Crippen LogP contribution >= 0.6 is 7.92 Å². The summed E-state index contributed by atoms with van der Waals surface area (Å²) in [5.41, 5.74) is 2.39. The van der Waals surface area contributed by atoms with E-state index in [0.29, 0.717) is 0 Å². The van der Waals surface area contributed by atoms with Crippen LogP contribution in [0, 0.1) is 6.92 Å². The number of aromatic nitrogens is 1. The zero-order chi connectivity index (χ0) is 23.2. The Labute approximate surface area is 202 Å². The Kier molecular flexibility index (Phi) is 6.75. The minimum Gasteiger partial charge on any atom is -0.256 e. The van der Waals surface area contributed by atoms with E-state index in [1.54, 1.807) is 0 Å². The van der Waals surface area contributed by atoms with E-state index in [1.807, 2.05) is 12.3 Å². The van der Waals surface area contributed by atoms with Crippen molar-refractivity contribution in [2.45, 2.75) is 6.92 Å². The summed E-state index contributed by atoms with van der Waals surface area (Å²) in [6.45, 7) is 2.14. The van der Waals surface area contributed by atoms with Gasteiger partial charge in [0, 0.05) is 17.0 Å². The van der Waals surface area contributed by atoms with Crippen LogP contribution in [0.1, 0.15) is 5.56 Å². The molecular weight excluding hydrogens is 429 g/mol. The van der Waals surface area contributed by atoms with E-state index in [2.05, 4.69) is 139 Å². The number of hydrogen-bond acceptors (Lipinski definition) is 1. The molecule has 6 rings (SSSR count). The second kappa shape index (κ2) is 10.4. The lowest BCUT2D eigenvalue weighted by Crippen LogP contribution is -2.20. The average molecular weight is 456 g/mol. The second-order valence-corrected chi connectivity index (χ2v) is 10.4. The third-order valence-corrected chi connectivity index (χ3v) is 8.31. The number of nitrogens with zero attached hydrogens (tertiary/aromatic N) is 1. The van der Waals surface area contributed by atoms with Gasteiger partial charge in [-0.25, -0.2) is 0 Å². The highest BCUT2D eigenvalue weighted by Crippen LogP contribution is 2.32. The maximum Gasteiger partial charge on any atom is 0.0782 e. The summed E-state index contributed by atoms with van der Waals surface area (Å²) in [5.74, 6) is 0. The molecule has 1 aromatic heterocycles. The van der Waals surface area contributed by atoms with Gasteiger partial charge in [-0.15, -0.1) is 0 Å². The molecule has 0 unspecified atom stereocenters. The first-order valence-corrected chi connectivity index (χ1v) is 12.8. The standard InChI is InChI=1S/C18H15P.C14H11N/c1-4-10-16(11-5-1)19(17-12-6-2-7-13-17)18-14-8-3-9-15-18;1-10-9-11-5-2-3-6-13(11)14-12(10)7-4-8-15-14/h1-15H;2-9H,1H3. The molecule has 2 heteroatoms. The minimum atomic E-state index is -0.446. The van der Waals surface area contributed by atoms with Gasteiger partial charge in [0.2, 0.25) is 0 Å². The molecule has 0 aliphatic carbocycles. The van der Waals surface area contributed by atoms with Crippen LogP contribution in [0.4, 0.5) is 0 Å². The van der Waals surface area contributed by atoms with Crippen LogP contribution in [0.5, 0.6) is 0 Å². The van der Waals surface area contributed by atoms with Crippen molar-refractivity contribution < 1.29 is 0 Å². The molecule has 0 saturated heterocycles. The Morgan fingerprint density at radius 3 is 1.53 bits per heavy atom. The molecule has 164 valence electrons. The lowest BCUT2D eigenvalue weighted by Gasteiger charge is -2.18. The van der Waals surface area contributed by atoms with Crippen LogP contribution < -0.4 is 15.9 Å². The molecule has 0 spiro atoms. The topological polar surface area (TPSA) is 12.9 Å². The Hall–Kier alpha value is -3.80. The predicted molar refractivity (Wildman–Crippen MR) is 149 cm³/mol. The van der Waals surface area contributed by atoms with E-state index in [-0.39, 0.29) is 0 Å². The van der Waals surface area contributed by atoms with E-state index in [1.165, 1.54) is 37.6 Å². The monoisotopic (exact) mass is 455 g/mol. The first-order chi connectivity index (χ1) is 16.8. The van der Waals surface area contributed by atoms with Crippen molar-refractivity contribution >= 4 is 45.5 Å². The minimum absolute atomic E-state index is 0.446. The first-order valence-electron chi connectivity index (χ1n) is 11.5. The molecule has 0 N–H and O–H groups in total. The van der Waals surface area contributed by atoms with Crippen molar-refractivity contribution in [2.24, 2.45) is 0 Å². The van der Waals surface area contributed by atoms with Gasteiger partial charge in [0.15, 0.2) is 0 Å². The molecule has 0 atom stereocenters. The fraction of sp³-hybridized carbons (Fsp3) is 0.0312. The maximum atomic E-state index is 4.47. The van der Waals surface area contributed by atoms with E-state index < -0.39 is 7.92 Å². The average Bonchev–Trinajstić information content (AvgIpc) is 2.91. The summed E-state index contributed by atoms with van der Waals surface area (Å²) in [7, 11) is -0.446. The molecule has 0 saturated carbocycles. The van der Waals surface area contributed by atoms with E-state index in [9.17, 15) is 0 Å². The van der Waals surface area contributed by atoms with E-state index in [4.69, 9.17) is 0 Å². The van der Waals surface area contributed by atoms with E-state index >= 15 is 0 Å². The summed E-state index contributed by atoms with van der Waals surface area (Å²) in [5, 5.41) is 7.94. The van der Waals surface area contributed by atoms with Gasteiger partial charge >= 0.3 is 0 Å². The molecule has 1 heterocycles. The predicted octanol–water partition coefficient (Wildman–Crippen LogP) is 7.14. The smallest absolute Gasteiger partial charge is 0.0782 e. The number of fused-ring (bicyclic) bond motifs is 3. The molecule has 0 amide bonds. The molecule has 0 radical (unpaired) electrons. The summed E-state index contributed by atoms with van der Waals surface area (Å²) in [4.78, 5) is 4.47. The molecule has 0 aliphatic heterocycles. The third-order valence-electron chi connectivity index (χ3n) is 5.86. The first kappa shape index (κ1) is 22.0. The van der Waals surface area contributed by atoms with Crippen molar-refractivity contribution in [1.29, 1.82) is 0 Å². The van der Waals surface area contributed by atoms with Gasteiger partial charge in [0.05, 0.1) is 5.52 Å². The van der Waals surface area contributed by atoms with Gasteiger partial charge in [-0.3, -0.25) is 4.98 Å². The van der Waals surface area contributed by atoms with Gasteiger partial charge < -0.3 is 0 Å². The molecule has 0 aliphatic rings. The molecule has 6 aromatic rings. The second-order valence-electron chi connectivity index (χ2n) is 8.16. The van der Waals surface area contributed by atoms with Gasteiger partial charge in [-0.1, -0.05) is 127 Å². The zero-order valence-electron chi connectivity index (χ0n) is 19.2. The third kappa shape index (κ3) is 4.76. The van der Waals surface area contributed by atoms with E-state index in [0.717, 1.165) is 5.52 Å². The Bertz CT molecular complexity index is 1400. The number of aryl methyl sites for hydroxylation is 1. The normalized spacial score (nSPS) is 10.8. The van der Waals surface area contributed by atoms with Gasteiger partial charge in [-0.2, -0.15) is 0 Å². The highest BCUT2D eigenvalue weighted by molar-refractivity contribution is 7.79. The van der Waals surface area contributed by atoms with Gasteiger partial charge in [-0.05, 0) is 47.8 Å². The molecule has 0 bridgehead atoms.